The number of aromatic hydroxyl groups is 1. The van der Waals surface area contributed by atoms with E-state index in [-0.39, 0.29) is 37.6 Å². The zero-order valence-corrected chi connectivity index (χ0v) is 36.7. The molecule has 58 heavy (non-hydrogen) atoms. The number of phenols is 1. The maximum Gasteiger partial charge on any atom is 0.124 e. The van der Waals surface area contributed by atoms with Gasteiger partial charge in [0.15, 0.2) is 0 Å². The van der Waals surface area contributed by atoms with E-state index in [1.54, 1.807) is 12.4 Å². The van der Waals surface area contributed by atoms with Crippen LogP contribution in [0.1, 0.15) is 100 Å². The maximum atomic E-state index is 11.1. The third kappa shape index (κ3) is 6.29. The number of aromatic nitrogens is 3. The molecule has 0 saturated heterocycles. The van der Waals surface area contributed by atoms with Crippen LogP contribution in [0.25, 0.3) is 55.3 Å². The minimum Gasteiger partial charge on any atom is -0.507 e. The van der Waals surface area contributed by atoms with Crippen molar-refractivity contribution in [1.82, 2.24) is 15.0 Å². The van der Waals surface area contributed by atoms with Crippen LogP contribution in [-0.2, 0) is 37.3 Å². The SMILES string of the molecule is CC(C)c1cc2ncnc(-c3[c-]c(C4(c5cccc(-c6ccccc6O)n5)c5cc(C(C)(C)C)ccc5-c5ccc(C(C)(C)C)cc54)ccc3)c2c2ccccc12.[Pt]. The van der Waals surface area contributed by atoms with Crippen LogP contribution in [-0.4, -0.2) is 20.1 Å². The molecular formula is C53H48N3OPt-. The molecule has 9 rings (SSSR count). The molecule has 0 fully saturated rings. The van der Waals surface area contributed by atoms with Gasteiger partial charge in [0.05, 0.1) is 22.3 Å². The van der Waals surface area contributed by atoms with E-state index in [4.69, 9.17) is 15.0 Å². The normalized spacial score (nSPS) is 13.4. The predicted molar refractivity (Wildman–Crippen MR) is 235 cm³/mol. The van der Waals surface area contributed by atoms with Crippen LogP contribution in [0.3, 0.4) is 0 Å². The number of hydrogen-bond donors (Lipinski definition) is 1. The molecule has 0 aliphatic heterocycles. The molecule has 0 bridgehead atoms. The zero-order valence-electron chi connectivity index (χ0n) is 34.4. The summed E-state index contributed by atoms with van der Waals surface area (Å²) in [6, 6.07) is 49.0. The molecule has 1 aliphatic rings. The molecule has 1 N–H and O–H groups in total. The molecule has 0 atom stereocenters. The molecule has 0 amide bonds. The number of benzene rings is 6. The molecule has 2 aromatic heterocycles. The quantitative estimate of drug-likeness (QED) is 0.138. The summed E-state index contributed by atoms with van der Waals surface area (Å²) in [7, 11) is 0. The van der Waals surface area contributed by atoms with E-state index >= 15 is 0 Å². The Morgan fingerprint density at radius 3 is 1.88 bits per heavy atom. The Kier molecular flexibility index (Phi) is 9.80. The van der Waals surface area contributed by atoms with Crippen LogP contribution in [0.5, 0.6) is 5.75 Å². The molecule has 0 spiro atoms. The van der Waals surface area contributed by atoms with Gasteiger partial charge < -0.3 is 5.11 Å². The standard InChI is InChI=1S/C53H48N3O.Pt/c1-32(2)42-30-46-49(40-18-10-9-17-37(40)42)50(55-31-54-46)33-15-13-16-36(27-33)53(48-22-14-20-45(56-48)41-19-11-12-21-47(41)57)43-28-34(51(3,4)5)23-25-38(43)39-26-24-35(29-44(39)53)52(6,7)8;/h9-26,28-32,57H,1-8H3;/q-1;. The van der Waals surface area contributed by atoms with Crippen LogP contribution in [0.2, 0.25) is 0 Å². The Morgan fingerprint density at radius 2 is 1.24 bits per heavy atom. The fraction of sp³-hybridized carbons (Fsp3) is 0.226. The van der Waals surface area contributed by atoms with Crippen molar-refractivity contribution in [3.8, 4) is 39.4 Å². The van der Waals surface area contributed by atoms with Gasteiger partial charge in [-0.15, -0.1) is 35.4 Å². The molecule has 8 aromatic rings. The van der Waals surface area contributed by atoms with Crippen LogP contribution in [0.4, 0.5) is 0 Å². The van der Waals surface area contributed by atoms with Crippen LogP contribution < -0.4 is 0 Å². The Bertz CT molecular complexity index is 2820. The smallest absolute Gasteiger partial charge is 0.124 e. The Hall–Kier alpha value is -5.44. The van der Waals surface area contributed by atoms with E-state index in [1.165, 1.54) is 44.3 Å². The van der Waals surface area contributed by atoms with E-state index in [2.05, 4.69) is 159 Å². The average molecular weight is 938 g/mol. The molecular weight excluding hydrogens is 890 g/mol. The second kappa shape index (κ2) is 14.4. The largest absolute Gasteiger partial charge is 0.507 e. The van der Waals surface area contributed by atoms with Gasteiger partial charge in [0.25, 0.3) is 0 Å². The molecule has 0 unspecified atom stereocenters. The van der Waals surface area contributed by atoms with Gasteiger partial charge >= 0.3 is 0 Å². The molecule has 292 valence electrons. The molecule has 4 nitrogen and oxygen atoms in total. The summed E-state index contributed by atoms with van der Waals surface area (Å²) in [6.07, 6.45) is 1.69. The van der Waals surface area contributed by atoms with Gasteiger partial charge in [0.2, 0.25) is 0 Å². The number of nitrogens with zero attached hydrogens (tertiary/aromatic N) is 3. The van der Waals surface area contributed by atoms with E-state index in [0.29, 0.717) is 17.2 Å². The first-order valence-electron chi connectivity index (χ1n) is 20.0. The van der Waals surface area contributed by atoms with E-state index in [9.17, 15) is 5.11 Å². The van der Waals surface area contributed by atoms with Gasteiger partial charge in [0, 0.05) is 26.6 Å². The number of phenolic OH excluding ortho intramolecular Hbond substituents is 1. The van der Waals surface area contributed by atoms with Gasteiger partial charge in [0.1, 0.15) is 12.1 Å². The first kappa shape index (κ1) is 39.4. The summed E-state index contributed by atoms with van der Waals surface area (Å²) < 4.78 is 0. The van der Waals surface area contributed by atoms with Crippen molar-refractivity contribution >= 4 is 21.7 Å². The van der Waals surface area contributed by atoms with Crippen molar-refractivity contribution in [1.29, 1.82) is 0 Å². The third-order valence-electron chi connectivity index (χ3n) is 11.9. The molecule has 0 saturated carbocycles. The van der Waals surface area contributed by atoms with E-state index in [1.807, 2.05) is 24.3 Å². The molecule has 1 aliphatic carbocycles. The average Bonchev–Trinajstić information content (AvgIpc) is 3.50. The minimum absolute atomic E-state index is 0. The van der Waals surface area contributed by atoms with Crippen molar-refractivity contribution in [2.45, 2.75) is 77.6 Å². The molecule has 6 aromatic carbocycles. The van der Waals surface area contributed by atoms with Crippen LogP contribution >= 0.6 is 0 Å². The van der Waals surface area contributed by atoms with Crippen molar-refractivity contribution < 1.29 is 26.2 Å². The van der Waals surface area contributed by atoms with E-state index in [0.717, 1.165) is 38.8 Å². The molecule has 0 radical (unpaired) electrons. The fourth-order valence-electron chi connectivity index (χ4n) is 8.90. The third-order valence-corrected chi connectivity index (χ3v) is 11.9. The Labute approximate surface area is 356 Å². The van der Waals surface area contributed by atoms with Gasteiger partial charge in [-0.1, -0.05) is 134 Å². The summed E-state index contributed by atoms with van der Waals surface area (Å²) in [6.45, 7) is 18.1. The monoisotopic (exact) mass is 937 g/mol. The topological polar surface area (TPSA) is 58.9 Å². The second-order valence-corrected chi connectivity index (χ2v) is 18.0. The maximum absolute atomic E-state index is 11.1. The first-order chi connectivity index (χ1) is 27.3. The summed E-state index contributed by atoms with van der Waals surface area (Å²) in [5, 5.41) is 14.5. The van der Waals surface area contributed by atoms with Crippen molar-refractivity contribution in [2.75, 3.05) is 0 Å². The van der Waals surface area contributed by atoms with Gasteiger partial charge in [-0.25, -0.2) is 4.98 Å². The molecule has 5 heteroatoms. The number of rotatable bonds is 5. The Morgan fingerprint density at radius 1 is 0.621 bits per heavy atom. The summed E-state index contributed by atoms with van der Waals surface area (Å²) in [5.41, 5.74) is 13.4. The second-order valence-electron chi connectivity index (χ2n) is 18.0. The van der Waals surface area contributed by atoms with Gasteiger partial charge in [-0.05, 0) is 108 Å². The zero-order chi connectivity index (χ0) is 39.9. The van der Waals surface area contributed by atoms with E-state index < -0.39 is 5.41 Å². The van der Waals surface area contributed by atoms with Gasteiger partial charge in [-0.3, -0.25) is 9.97 Å². The number of pyridine rings is 1. The summed E-state index contributed by atoms with van der Waals surface area (Å²) in [4.78, 5) is 15.4. The minimum atomic E-state index is -0.862. The number of para-hydroxylation sites is 1. The summed E-state index contributed by atoms with van der Waals surface area (Å²) in [5.74, 6) is 0.539. The van der Waals surface area contributed by atoms with Crippen LogP contribution in [0, 0.1) is 6.07 Å². The summed E-state index contributed by atoms with van der Waals surface area (Å²) >= 11 is 0. The predicted octanol–water partition coefficient (Wildman–Crippen LogP) is 13.1. The number of fused-ring (bicyclic) bond motifs is 6. The van der Waals surface area contributed by atoms with Gasteiger partial charge in [-0.2, -0.15) is 0 Å². The Balaban J connectivity index is 0.00000469. The van der Waals surface area contributed by atoms with Crippen molar-refractivity contribution in [3.05, 3.63) is 179 Å². The number of hydrogen-bond acceptors (Lipinski definition) is 4. The molecule has 2 heterocycles. The first-order valence-corrected chi connectivity index (χ1v) is 20.0. The fourth-order valence-corrected chi connectivity index (χ4v) is 8.90. The van der Waals surface area contributed by atoms with Crippen molar-refractivity contribution in [2.24, 2.45) is 0 Å². The van der Waals surface area contributed by atoms with Crippen LogP contribution in [0.15, 0.2) is 134 Å². The van der Waals surface area contributed by atoms with Crippen molar-refractivity contribution in [3.63, 3.8) is 0 Å².